The molecule has 0 bridgehead atoms. The number of cyclic esters (lactones) is 2. The molecule has 6 heteroatoms. The molecule has 0 aliphatic carbocycles. The van der Waals surface area contributed by atoms with E-state index in [1.807, 2.05) is 0 Å². The zero-order chi connectivity index (χ0) is 15.7. The summed E-state index contributed by atoms with van der Waals surface area (Å²) < 4.78 is 10.4. The summed E-state index contributed by atoms with van der Waals surface area (Å²) in [5, 5.41) is 0. The standard InChI is InChI=1S/C16H16N2O4/c1-9-7-17-13(21-15(9)19)11-3-5-12(6-4-11)14-18-8-10(2)16(20)22-14/h3-6,9-10H,7-8H2,1-2H3. The van der Waals surface area contributed by atoms with Crippen molar-refractivity contribution in [3.8, 4) is 0 Å². The number of aliphatic imine (C=N–C) groups is 2. The summed E-state index contributed by atoms with van der Waals surface area (Å²) >= 11 is 0. The molecule has 0 saturated carbocycles. The van der Waals surface area contributed by atoms with Gasteiger partial charge >= 0.3 is 11.9 Å². The lowest BCUT2D eigenvalue weighted by atomic mass is 10.1. The predicted octanol–water partition coefficient (Wildman–Crippen LogP) is 1.57. The SMILES string of the molecule is CC1CN=C(c2ccc(C3=NCC(C)C(=O)O3)cc2)OC1=O. The van der Waals surface area contributed by atoms with Crippen LogP contribution in [0.5, 0.6) is 0 Å². The van der Waals surface area contributed by atoms with Crippen molar-refractivity contribution in [1.29, 1.82) is 0 Å². The molecule has 0 radical (unpaired) electrons. The molecule has 6 nitrogen and oxygen atoms in total. The van der Waals surface area contributed by atoms with Crippen LogP contribution in [0.25, 0.3) is 0 Å². The van der Waals surface area contributed by atoms with Gasteiger partial charge in [-0.1, -0.05) is 13.8 Å². The monoisotopic (exact) mass is 300 g/mol. The van der Waals surface area contributed by atoms with E-state index in [1.54, 1.807) is 38.1 Å². The quantitative estimate of drug-likeness (QED) is 0.777. The molecule has 2 heterocycles. The van der Waals surface area contributed by atoms with Crippen LogP contribution in [-0.4, -0.2) is 36.8 Å². The van der Waals surface area contributed by atoms with E-state index in [9.17, 15) is 9.59 Å². The lowest BCUT2D eigenvalue weighted by Crippen LogP contribution is -2.28. The van der Waals surface area contributed by atoms with Gasteiger partial charge in [0.2, 0.25) is 11.8 Å². The van der Waals surface area contributed by atoms with Gasteiger partial charge in [0.05, 0.1) is 24.9 Å². The summed E-state index contributed by atoms with van der Waals surface area (Å²) in [6.07, 6.45) is 0. The van der Waals surface area contributed by atoms with Gasteiger partial charge in [0, 0.05) is 11.1 Å². The number of carbonyl (C=O) groups excluding carboxylic acids is 2. The van der Waals surface area contributed by atoms with Crippen molar-refractivity contribution in [2.45, 2.75) is 13.8 Å². The Kier molecular flexibility index (Phi) is 3.75. The molecular formula is C16H16N2O4. The predicted molar refractivity (Wildman–Crippen MR) is 79.8 cm³/mol. The van der Waals surface area contributed by atoms with Crippen LogP contribution in [0.2, 0.25) is 0 Å². The van der Waals surface area contributed by atoms with Crippen LogP contribution in [0.15, 0.2) is 34.3 Å². The molecule has 2 aliphatic rings. The van der Waals surface area contributed by atoms with E-state index >= 15 is 0 Å². The second-order valence-electron chi connectivity index (χ2n) is 5.51. The van der Waals surface area contributed by atoms with Gasteiger partial charge in [-0.25, -0.2) is 9.98 Å². The van der Waals surface area contributed by atoms with E-state index in [1.165, 1.54) is 0 Å². The number of benzene rings is 1. The topological polar surface area (TPSA) is 77.3 Å². The van der Waals surface area contributed by atoms with Crippen LogP contribution >= 0.6 is 0 Å². The highest BCUT2D eigenvalue weighted by atomic mass is 16.5. The number of ether oxygens (including phenoxy) is 2. The lowest BCUT2D eigenvalue weighted by Gasteiger charge is -2.18. The largest absolute Gasteiger partial charge is 0.407 e. The molecule has 114 valence electrons. The van der Waals surface area contributed by atoms with Crippen molar-refractivity contribution in [1.82, 2.24) is 0 Å². The fourth-order valence-electron chi connectivity index (χ4n) is 2.10. The van der Waals surface area contributed by atoms with Crippen molar-refractivity contribution in [3.05, 3.63) is 35.4 Å². The Morgan fingerprint density at radius 3 is 1.50 bits per heavy atom. The van der Waals surface area contributed by atoms with E-state index in [-0.39, 0.29) is 23.8 Å². The molecular weight excluding hydrogens is 284 g/mol. The molecule has 0 saturated heterocycles. The third-order valence-corrected chi connectivity index (χ3v) is 3.60. The molecule has 1 aromatic rings. The molecule has 2 atom stereocenters. The smallest absolute Gasteiger partial charge is 0.317 e. The fourth-order valence-corrected chi connectivity index (χ4v) is 2.10. The zero-order valence-electron chi connectivity index (χ0n) is 12.4. The summed E-state index contributed by atoms with van der Waals surface area (Å²) in [6.45, 7) is 4.42. The summed E-state index contributed by atoms with van der Waals surface area (Å²) in [5.74, 6) is -0.305. The van der Waals surface area contributed by atoms with E-state index in [0.717, 1.165) is 0 Å². The maximum Gasteiger partial charge on any atom is 0.317 e. The molecule has 2 unspecified atom stereocenters. The van der Waals surface area contributed by atoms with Gasteiger partial charge in [-0.3, -0.25) is 9.59 Å². The van der Waals surface area contributed by atoms with Crippen LogP contribution in [-0.2, 0) is 19.1 Å². The average Bonchev–Trinajstić information content (AvgIpc) is 2.53. The molecule has 22 heavy (non-hydrogen) atoms. The lowest BCUT2D eigenvalue weighted by molar-refractivity contribution is -0.141. The minimum absolute atomic E-state index is 0.207. The number of nitrogens with zero attached hydrogens (tertiary/aromatic N) is 2. The summed E-state index contributed by atoms with van der Waals surface area (Å²) in [7, 11) is 0. The molecule has 0 spiro atoms. The second-order valence-corrected chi connectivity index (χ2v) is 5.51. The Morgan fingerprint density at radius 2 is 1.18 bits per heavy atom. The number of carbonyl (C=O) groups is 2. The maximum atomic E-state index is 11.6. The van der Waals surface area contributed by atoms with Crippen molar-refractivity contribution >= 4 is 23.7 Å². The van der Waals surface area contributed by atoms with Crippen LogP contribution < -0.4 is 0 Å². The Labute approximate surface area is 127 Å². The number of hydrogen-bond donors (Lipinski definition) is 0. The van der Waals surface area contributed by atoms with E-state index in [2.05, 4.69) is 9.98 Å². The van der Waals surface area contributed by atoms with Crippen molar-refractivity contribution < 1.29 is 19.1 Å². The van der Waals surface area contributed by atoms with E-state index in [4.69, 9.17) is 9.47 Å². The first kappa shape index (κ1) is 14.4. The highest BCUT2D eigenvalue weighted by Gasteiger charge is 2.25. The molecule has 1 aromatic carbocycles. The normalized spacial score (nSPS) is 25.0. The van der Waals surface area contributed by atoms with Gasteiger partial charge in [0.25, 0.3) is 0 Å². The summed E-state index contributed by atoms with van der Waals surface area (Å²) in [5.41, 5.74) is 1.42. The van der Waals surface area contributed by atoms with E-state index < -0.39 is 0 Å². The highest BCUT2D eigenvalue weighted by molar-refractivity contribution is 6.05. The Bertz CT molecular complexity index is 617. The van der Waals surface area contributed by atoms with Crippen molar-refractivity contribution in [2.24, 2.45) is 21.8 Å². The number of esters is 2. The van der Waals surface area contributed by atoms with E-state index in [0.29, 0.717) is 36.0 Å². The third kappa shape index (κ3) is 2.77. The molecule has 0 N–H and O–H groups in total. The minimum atomic E-state index is -0.270. The Balaban J connectivity index is 1.79. The van der Waals surface area contributed by atoms with Crippen LogP contribution in [0.3, 0.4) is 0 Å². The summed E-state index contributed by atoms with van der Waals surface area (Å²) in [6, 6.07) is 7.08. The first-order valence-electron chi connectivity index (χ1n) is 7.17. The number of hydrogen-bond acceptors (Lipinski definition) is 6. The van der Waals surface area contributed by atoms with Gasteiger partial charge in [0.1, 0.15) is 0 Å². The molecule has 0 amide bonds. The molecule has 2 aliphatic heterocycles. The first-order chi connectivity index (χ1) is 10.5. The average molecular weight is 300 g/mol. The molecule has 0 fully saturated rings. The van der Waals surface area contributed by atoms with Gasteiger partial charge in [-0.15, -0.1) is 0 Å². The summed E-state index contributed by atoms with van der Waals surface area (Å²) in [4.78, 5) is 31.7. The number of rotatable bonds is 2. The van der Waals surface area contributed by atoms with Gasteiger partial charge in [-0.05, 0) is 24.3 Å². The molecule has 0 aromatic heterocycles. The third-order valence-electron chi connectivity index (χ3n) is 3.60. The fraction of sp³-hybridized carbons (Fsp3) is 0.375. The maximum absolute atomic E-state index is 11.6. The van der Waals surface area contributed by atoms with Crippen LogP contribution in [0, 0.1) is 11.8 Å². The Morgan fingerprint density at radius 1 is 0.818 bits per heavy atom. The van der Waals surface area contributed by atoms with Crippen LogP contribution in [0.4, 0.5) is 0 Å². The van der Waals surface area contributed by atoms with Crippen molar-refractivity contribution in [2.75, 3.05) is 13.1 Å². The van der Waals surface area contributed by atoms with Gasteiger partial charge < -0.3 is 9.47 Å². The van der Waals surface area contributed by atoms with Gasteiger partial charge in [-0.2, -0.15) is 0 Å². The minimum Gasteiger partial charge on any atom is -0.407 e. The highest BCUT2D eigenvalue weighted by Crippen LogP contribution is 2.16. The zero-order valence-corrected chi connectivity index (χ0v) is 12.4. The molecule has 3 rings (SSSR count). The van der Waals surface area contributed by atoms with Crippen molar-refractivity contribution in [3.63, 3.8) is 0 Å². The second kappa shape index (κ2) is 5.71. The Hall–Kier alpha value is -2.50. The van der Waals surface area contributed by atoms with Crippen LogP contribution in [0.1, 0.15) is 25.0 Å². The first-order valence-corrected chi connectivity index (χ1v) is 7.17. The van der Waals surface area contributed by atoms with Gasteiger partial charge in [0.15, 0.2) is 0 Å².